The number of thiocarbonyl (C=S) groups is 1. The molecule has 2 nitrogen and oxygen atoms in total. The SMILES string of the molecule is CC(=O)CNC=S. The monoisotopic (exact) mass is 117 g/mol. The van der Waals surface area contributed by atoms with Crippen LogP contribution in [0.2, 0.25) is 0 Å². The molecule has 0 amide bonds. The molecular formula is C4H7NOS. The van der Waals surface area contributed by atoms with Gasteiger partial charge in [0.15, 0.2) is 0 Å². The zero-order valence-corrected chi connectivity index (χ0v) is 4.92. The Balaban J connectivity index is 2.97. The molecule has 7 heavy (non-hydrogen) atoms. The van der Waals surface area contributed by atoms with Crippen molar-refractivity contribution in [3.05, 3.63) is 0 Å². The van der Waals surface area contributed by atoms with E-state index in [1.807, 2.05) is 0 Å². The molecule has 0 aromatic rings. The summed E-state index contributed by atoms with van der Waals surface area (Å²) in [4.78, 5) is 10.1. The lowest BCUT2D eigenvalue weighted by Gasteiger charge is -1.88. The molecule has 0 bridgehead atoms. The Morgan fingerprint density at radius 2 is 2.57 bits per heavy atom. The van der Waals surface area contributed by atoms with Crippen molar-refractivity contribution in [3.63, 3.8) is 0 Å². The summed E-state index contributed by atoms with van der Waals surface area (Å²) in [5, 5.41) is 2.59. The van der Waals surface area contributed by atoms with E-state index in [-0.39, 0.29) is 5.78 Å². The number of carbonyl (C=O) groups is 1. The Hall–Kier alpha value is -0.440. The van der Waals surface area contributed by atoms with Crippen molar-refractivity contribution < 1.29 is 4.79 Å². The number of hydrogen-bond donors (Lipinski definition) is 1. The molecule has 0 fully saturated rings. The summed E-state index contributed by atoms with van der Waals surface area (Å²) < 4.78 is 0. The topological polar surface area (TPSA) is 29.1 Å². The number of Topliss-reactive ketones (excluding diaryl/α,β-unsaturated/α-hetero) is 1. The van der Waals surface area contributed by atoms with Gasteiger partial charge in [-0.25, -0.2) is 0 Å². The van der Waals surface area contributed by atoms with Crippen molar-refractivity contribution in [2.24, 2.45) is 0 Å². The van der Waals surface area contributed by atoms with Crippen molar-refractivity contribution in [2.45, 2.75) is 6.92 Å². The highest BCUT2D eigenvalue weighted by molar-refractivity contribution is 7.78. The molecule has 0 spiro atoms. The van der Waals surface area contributed by atoms with E-state index < -0.39 is 0 Å². The maximum Gasteiger partial charge on any atom is 0.148 e. The molecule has 0 heterocycles. The second-order valence-electron chi connectivity index (χ2n) is 1.20. The number of nitrogens with one attached hydrogen (secondary N) is 1. The van der Waals surface area contributed by atoms with Gasteiger partial charge in [-0.3, -0.25) is 4.79 Å². The smallest absolute Gasteiger partial charge is 0.148 e. The van der Waals surface area contributed by atoms with Crippen molar-refractivity contribution >= 4 is 23.5 Å². The minimum atomic E-state index is 0.0982. The summed E-state index contributed by atoms with van der Waals surface area (Å²) in [6, 6.07) is 0. The van der Waals surface area contributed by atoms with Gasteiger partial charge in [-0.1, -0.05) is 12.2 Å². The van der Waals surface area contributed by atoms with Crippen LogP contribution in [0, 0.1) is 0 Å². The Bertz CT molecular complexity index is 81.8. The number of rotatable bonds is 3. The largest absolute Gasteiger partial charge is 0.375 e. The van der Waals surface area contributed by atoms with E-state index >= 15 is 0 Å². The fourth-order valence-electron chi connectivity index (χ4n) is 0.185. The van der Waals surface area contributed by atoms with Crippen LogP contribution < -0.4 is 5.32 Å². The highest BCUT2D eigenvalue weighted by atomic mass is 32.1. The summed E-state index contributed by atoms with van der Waals surface area (Å²) in [7, 11) is 0. The van der Waals surface area contributed by atoms with Crippen LogP contribution in [0.25, 0.3) is 0 Å². The van der Waals surface area contributed by atoms with Gasteiger partial charge in [-0.2, -0.15) is 0 Å². The molecule has 0 atom stereocenters. The van der Waals surface area contributed by atoms with E-state index in [0.717, 1.165) is 0 Å². The fourth-order valence-corrected chi connectivity index (χ4v) is 0.269. The van der Waals surface area contributed by atoms with E-state index in [1.165, 1.54) is 12.4 Å². The minimum absolute atomic E-state index is 0.0982. The van der Waals surface area contributed by atoms with Crippen molar-refractivity contribution in [3.8, 4) is 0 Å². The van der Waals surface area contributed by atoms with Crippen LogP contribution >= 0.6 is 12.2 Å². The lowest BCUT2D eigenvalue weighted by atomic mass is 10.5. The Kier molecular flexibility index (Phi) is 3.50. The first-order valence-corrected chi connectivity index (χ1v) is 2.41. The van der Waals surface area contributed by atoms with Gasteiger partial charge in [0.1, 0.15) is 5.78 Å². The third-order valence-corrected chi connectivity index (χ3v) is 0.601. The van der Waals surface area contributed by atoms with Crippen LogP contribution in [0.4, 0.5) is 0 Å². The zero-order valence-electron chi connectivity index (χ0n) is 4.10. The van der Waals surface area contributed by atoms with Crippen LogP contribution in [0.3, 0.4) is 0 Å². The number of ketones is 1. The van der Waals surface area contributed by atoms with Gasteiger partial charge in [0.2, 0.25) is 0 Å². The van der Waals surface area contributed by atoms with E-state index in [2.05, 4.69) is 17.5 Å². The Labute approximate surface area is 47.9 Å². The molecule has 0 radical (unpaired) electrons. The van der Waals surface area contributed by atoms with E-state index in [1.54, 1.807) is 0 Å². The molecule has 0 saturated carbocycles. The molecule has 0 aromatic carbocycles. The molecule has 0 aromatic heterocycles. The van der Waals surface area contributed by atoms with Gasteiger partial charge in [0, 0.05) is 0 Å². The molecular weight excluding hydrogens is 110 g/mol. The third kappa shape index (κ3) is 5.56. The Morgan fingerprint density at radius 3 is 2.71 bits per heavy atom. The van der Waals surface area contributed by atoms with Crippen LogP contribution in [0.5, 0.6) is 0 Å². The molecule has 0 aliphatic rings. The maximum absolute atomic E-state index is 10.1. The van der Waals surface area contributed by atoms with Gasteiger partial charge < -0.3 is 5.32 Å². The van der Waals surface area contributed by atoms with Gasteiger partial charge in [0.05, 0.1) is 12.0 Å². The van der Waals surface area contributed by atoms with Gasteiger partial charge in [-0.15, -0.1) is 0 Å². The van der Waals surface area contributed by atoms with Crippen LogP contribution in [-0.4, -0.2) is 17.8 Å². The average Bonchev–Trinajstić information content (AvgIpc) is 1.61. The zero-order chi connectivity index (χ0) is 5.70. The minimum Gasteiger partial charge on any atom is -0.375 e. The molecule has 0 aliphatic carbocycles. The van der Waals surface area contributed by atoms with Crippen LogP contribution in [0.15, 0.2) is 0 Å². The first-order chi connectivity index (χ1) is 3.27. The van der Waals surface area contributed by atoms with Gasteiger partial charge >= 0.3 is 0 Å². The summed E-state index contributed by atoms with van der Waals surface area (Å²) in [6.07, 6.45) is 0. The summed E-state index contributed by atoms with van der Waals surface area (Å²) in [6.45, 7) is 1.86. The highest BCUT2D eigenvalue weighted by Gasteiger charge is 1.83. The normalized spacial score (nSPS) is 7.57. The fraction of sp³-hybridized carbons (Fsp3) is 0.500. The van der Waals surface area contributed by atoms with Gasteiger partial charge in [0.25, 0.3) is 0 Å². The van der Waals surface area contributed by atoms with Crippen molar-refractivity contribution in [1.82, 2.24) is 5.32 Å². The first-order valence-electron chi connectivity index (χ1n) is 1.94. The van der Waals surface area contributed by atoms with Crippen molar-refractivity contribution in [2.75, 3.05) is 6.54 Å². The van der Waals surface area contributed by atoms with Gasteiger partial charge in [-0.05, 0) is 6.92 Å². The lowest BCUT2D eigenvalue weighted by molar-refractivity contribution is -0.115. The molecule has 1 N–H and O–H groups in total. The molecule has 0 unspecified atom stereocenters. The average molecular weight is 117 g/mol. The summed E-state index contributed by atoms with van der Waals surface area (Å²) >= 11 is 4.38. The van der Waals surface area contributed by atoms with Crippen molar-refractivity contribution in [1.29, 1.82) is 0 Å². The predicted octanol–water partition coefficient (Wildman–Crippen LogP) is 0.122. The van der Waals surface area contributed by atoms with Crippen LogP contribution in [-0.2, 0) is 4.79 Å². The molecule has 0 rings (SSSR count). The molecule has 40 valence electrons. The summed E-state index contributed by atoms with van der Waals surface area (Å²) in [5.74, 6) is 0.0982. The van der Waals surface area contributed by atoms with Crippen LogP contribution in [0.1, 0.15) is 6.92 Å². The maximum atomic E-state index is 10.1. The molecule has 0 saturated heterocycles. The standard InChI is InChI=1S/C4H7NOS/c1-4(6)2-5-3-7/h3H,2H2,1H3,(H,5,7). The molecule has 3 heteroatoms. The predicted molar refractivity (Wildman–Crippen MR) is 32.3 cm³/mol. The quantitative estimate of drug-likeness (QED) is 0.532. The second kappa shape index (κ2) is 3.74. The lowest BCUT2D eigenvalue weighted by Crippen LogP contribution is -2.17. The first kappa shape index (κ1) is 6.56. The number of carbonyl (C=O) groups excluding carboxylic acids is 1. The molecule has 0 aliphatic heterocycles. The number of hydrogen-bond acceptors (Lipinski definition) is 2. The Morgan fingerprint density at radius 1 is 2.00 bits per heavy atom. The highest BCUT2D eigenvalue weighted by Crippen LogP contribution is 1.59. The third-order valence-electron chi connectivity index (χ3n) is 0.434. The second-order valence-corrected chi connectivity index (χ2v) is 1.44. The van der Waals surface area contributed by atoms with E-state index in [4.69, 9.17) is 0 Å². The summed E-state index contributed by atoms with van der Waals surface area (Å²) in [5.41, 5.74) is 1.33. The van der Waals surface area contributed by atoms with E-state index in [0.29, 0.717) is 6.54 Å². The van der Waals surface area contributed by atoms with E-state index in [9.17, 15) is 4.79 Å².